The Bertz CT molecular complexity index is 699. The molecular formula is C26H38F2O2. The highest BCUT2D eigenvalue weighted by atomic mass is 19.2. The third kappa shape index (κ3) is 4.54. The van der Waals surface area contributed by atoms with Gasteiger partial charge in [0.05, 0.1) is 19.3 Å². The molecule has 30 heavy (non-hydrogen) atoms. The molecule has 0 spiro atoms. The smallest absolute Gasteiger partial charge is 0.200 e. The van der Waals surface area contributed by atoms with Gasteiger partial charge < -0.3 is 9.47 Å². The van der Waals surface area contributed by atoms with Crippen molar-refractivity contribution in [1.82, 2.24) is 0 Å². The number of benzene rings is 1. The van der Waals surface area contributed by atoms with E-state index in [1.54, 1.807) is 19.1 Å². The van der Waals surface area contributed by atoms with Gasteiger partial charge in [0.25, 0.3) is 0 Å². The van der Waals surface area contributed by atoms with Gasteiger partial charge in [-0.3, -0.25) is 0 Å². The van der Waals surface area contributed by atoms with E-state index in [1.807, 2.05) is 0 Å². The minimum Gasteiger partial charge on any atom is -0.491 e. The van der Waals surface area contributed by atoms with Gasteiger partial charge in [-0.25, -0.2) is 4.39 Å². The molecule has 4 heteroatoms. The van der Waals surface area contributed by atoms with E-state index in [0.717, 1.165) is 56.0 Å². The maximum Gasteiger partial charge on any atom is 0.200 e. The molecule has 0 aromatic heterocycles. The molecule has 0 amide bonds. The van der Waals surface area contributed by atoms with Crippen molar-refractivity contribution in [3.63, 3.8) is 0 Å². The first-order valence-electron chi connectivity index (χ1n) is 12.3. The first kappa shape index (κ1) is 22.0. The predicted molar refractivity (Wildman–Crippen MR) is 116 cm³/mol. The Balaban J connectivity index is 1.25. The fraction of sp³-hybridized carbons (Fsp3) is 0.769. The minimum atomic E-state index is -0.846. The summed E-state index contributed by atoms with van der Waals surface area (Å²) in [6, 6.07) is 3.28. The summed E-state index contributed by atoms with van der Waals surface area (Å²) in [5, 5.41) is 0. The fourth-order valence-electron chi connectivity index (χ4n) is 6.71. The number of ether oxygens (including phenoxy) is 2. The third-order valence-electron chi connectivity index (χ3n) is 8.20. The highest BCUT2D eigenvalue weighted by molar-refractivity contribution is 5.33. The standard InChI is InChI=1S/C26H38F2O2/c1-3-5-17-8-12-22-19(9-13-21(17)22)16-30-20-10-6-18(7-11-20)23-14-15-24(29-4-2)26(28)25(23)27/h14-15,17-22H,3-13,16H2,1-2H3. The van der Waals surface area contributed by atoms with E-state index in [1.165, 1.54) is 38.5 Å². The van der Waals surface area contributed by atoms with E-state index in [9.17, 15) is 8.78 Å². The minimum absolute atomic E-state index is 0.0127. The molecule has 0 heterocycles. The molecule has 0 aliphatic heterocycles. The van der Waals surface area contributed by atoms with Crippen LogP contribution in [-0.2, 0) is 4.74 Å². The summed E-state index contributed by atoms with van der Waals surface area (Å²) >= 11 is 0. The zero-order valence-electron chi connectivity index (χ0n) is 18.7. The molecule has 0 saturated heterocycles. The summed E-state index contributed by atoms with van der Waals surface area (Å²) < 4.78 is 40.3. The molecule has 0 bridgehead atoms. The van der Waals surface area contributed by atoms with E-state index in [4.69, 9.17) is 9.47 Å². The summed E-state index contributed by atoms with van der Waals surface area (Å²) in [4.78, 5) is 0. The first-order chi connectivity index (χ1) is 14.6. The molecule has 3 aliphatic carbocycles. The quantitative estimate of drug-likeness (QED) is 0.441. The zero-order valence-corrected chi connectivity index (χ0v) is 18.7. The first-order valence-corrected chi connectivity index (χ1v) is 12.3. The molecule has 4 rings (SSSR count). The topological polar surface area (TPSA) is 18.5 Å². The normalized spacial score (nSPS) is 33.6. The Morgan fingerprint density at radius 2 is 1.53 bits per heavy atom. The van der Waals surface area contributed by atoms with Gasteiger partial charge in [0.2, 0.25) is 5.82 Å². The van der Waals surface area contributed by atoms with Crippen molar-refractivity contribution in [1.29, 1.82) is 0 Å². The lowest BCUT2D eigenvalue weighted by Gasteiger charge is -2.30. The summed E-state index contributed by atoms with van der Waals surface area (Å²) in [6.45, 7) is 5.32. The van der Waals surface area contributed by atoms with Crippen LogP contribution in [0.2, 0.25) is 0 Å². The van der Waals surface area contributed by atoms with Crippen LogP contribution in [0.25, 0.3) is 0 Å². The van der Waals surface area contributed by atoms with Crippen molar-refractivity contribution in [2.45, 2.75) is 90.1 Å². The molecule has 0 N–H and O–H groups in total. The molecule has 4 unspecified atom stereocenters. The van der Waals surface area contributed by atoms with Crippen molar-refractivity contribution in [3.8, 4) is 5.75 Å². The van der Waals surface area contributed by atoms with Crippen LogP contribution in [0.15, 0.2) is 12.1 Å². The van der Waals surface area contributed by atoms with Gasteiger partial charge in [0.1, 0.15) is 0 Å². The van der Waals surface area contributed by atoms with Crippen molar-refractivity contribution in [3.05, 3.63) is 29.3 Å². The maximum absolute atomic E-state index is 14.5. The largest absolute Gasteiger partial charge is 0.491 e. The van der Waals surface area contributed by atoms with E-state index in [2.05, 4.69) is 6.92 Å². The Hall–Kier alpha value is -1.16. The molecule has 3 saturated carbocycles. The Morgan fingerprint density at radius 1 is 0.833 bits per heavy atom. The molecule has 1 aromatic rings. The van der Waals surface area contributed by atoms with Crippen molar-refractivity contribution >= 4 is 0 Å². The van der Waals surface area contributed by atoms with Crippen LogP contribution in [-0.4, -0.2) is 19.3 Å². The van der Waals surface area contributed by atoms with Gasteiger partial charge in [0, 0.05) is 0 Å². The van der Waals surface area contributed by atoms with Crippen LogP contribution >= 0.6 is 0 Å². The predicted octanol–water partition coefficient (Wildman–Crippen LogP) is 7.26. The maximum atomic E-state index is 14.5. The van der Waals surface area contributed by atoms with E-state index in [-0.39, 0.29) is 17.8 Å². The lowest BCUT2D eigenvalue weighted by atomic mass is 9.82. The summed E-state index contributed by atoms with van der Waals surface area (Å²) in [7, 11) is 0. The molecule has 2 nitrogen and oxygen atoms in total. The van der Waals surface area contributed by atoms with E-state index < -0.39 is 11.6 Å². The number of fused-ring (bicyclic) bond motifs is 1. The van der Waals surface area contributed by atoms with Crippen LogP contribution in [0.5, 0.6) is 5.75 Å². The fourth-order valence-corrected chi connectivity index (χ4v) is 6.71. The van der Waals surface area contributed by atoms with E-state index >= 15 is 0 Å². The van der Waals surface area contributed by atoms with Crippen molar-refractivity contribution in [2.24, 2.45) is 23.7 Å². The van der Waals surface area contributed by atoms with Crippen LogP contribution in [0.3, 0.4) is 0 Å². The summed E-state index contributed by atoms with van der Waals surface area (Å²) in [5.41, 5.74) is 0.501. The van der Waals surface area contributed by atoms with Crippen molar-refractivity contribution < 1.29 is 18.3 Å². The molecular weight excluding hydrogens is 382 g/mol. The lowest BCUT2D eigenvalue weighted by Crippen LogP contribution is -2.25. The highest BCUT2D eigenvalue weighted by Crippen LogP contribution is 2.52. The van der Waals surface area contributed by atoms with Gasteiger partial charge in [-0.1, -0.05) is 25.8 Å². The number of hydrogen-bond donors (Lipinski definition) is 0. The second-order valence-corrected chi connectivity index (χ2v) is 9.81. The Labute approximate surface area is 180 Å². The van der Waals surface area contributed by atoms with Gasteiger partial charge in [-0.2, -0.15) is 4.39 Å². The molecule has 1 aromatic carbocycles. The number of halogens is 2. The average molecular weight is 421 g/mol. The van der Waals surface area contributed by atoms with Crippen LogP contribution in [0.4, 0.5) is 8.78 Å². The average Bonchev–Trinajstić information content (AvgIpc) is 3.34. The zero-order chi connectivity index (χ0) is 21.1. The SMILES string of the molecule is CCCC1CCC2C(COC3CCC(c4ccc(OCC)c(F)c4F)CC3)CCC12. The highest BCUT2D eigenvalue weighted by Gasteiger charge is 2.44. The van der Waals surface area contributed by atoms with Gasteiger partial charge in [0.15, 0.2) is 11.6 Å². The third-order valence-corrected chi connectivity index (χ3v) is 8.20. The summed E-state index contributed by atoms with van der Waals surface area (Å²) in [6.07, 6.45) is 12.2. The van der Waals surface area contributed by atoms with Crippen molar-refractivity contribution in [2.75, 3.05) is 13.2 Å². The Kier molecular flexibility index (Phi) is 7.33. The van der Waals surface area contributed by atoms with Gasteiger partial charge >= 0.3 is 0 Å². The van der Waals surface area contributed by atoms with Crippen LogP contribution in [0.1, 0.15) is 89.5 Å². The lowest BCUT2D eigenvalue weighted by molar-refractivity contribution is -0.00340. The second-order valence-electron chi connectivity index (χ2n) is 9.81. The second kappa shape index (κ2) is 9.97. The molecule has 0 radical (unpaired) electrons. The summed E-state index contributed by atoms with van der Waals surface area (Å²) in [5.74, 6) is 2.06. The number of rotatable bonds is 8. The van der Waals surface area contributed by atoms with Gasteiger partial charge in [-0.05, 0) is 99.5 Å². The molecule has 3 fully saturated rings. The number of hydrogen-bond acceptors (Lipinski definition) is 2. The van der Waals surface area contributed by atoms with E-state index in [0.29, 0.717) is 12.2 Å². The monoisotopic (exact) mass is 420 g/mol. The Morgan fingerprint density at radius 3 is 2.23 bits per heavy atom. The molecule has 3 aliphatic rings. The van der Waals surface area contributed by atoms with Crippen LogP contribution < -0.4 is 4.74 Å². The van der Waals surface area contributed by atoms with Crippen LogP contribution in [0, 0.1) is 35.3 Å². The van der Waals surface area contributed by atoms with Gasteiger partial charge in [-0.15, -0.1) is 0 Å². The molecule has 4 atom stereocenters. The molecule has 168 valence electrons.